The monoisotopic (exact) mass is 304 g/mol. The molecule has 118 valence electrons. The highest BCUT2D eigenvalue weighted by Gasteiger charge is 2.37. The maximum atomic E-state index is 12.5. The minimum Gasteiger partial charge on any atom is -0.480 e. The maximum Gasteiger partial charge on any atom is 0.326 e. The van der Waals surface area contributed by atoms with E-state index in [1.165, 1.54) is 4.90 Å². The van der Waals surface area contributed by atoms with E-state index < -0.39 is 17.9 Å². The van der Waals surface area contributed by atoms with Gasteiger partial charge in [0, 0.05) is 18.5 Å². The van der Waals surface area contributed by atoms with E-state index in [0.717, 1.165) is 24.0 Å². The summed E-state index contributed by atoms with van der Waals surface area (Å²) in [5.74, 6) is -1.97. The van der Waals surface area contributed by atoms with E-state index in [4.69, 9.17) is 5.73 Å². The number of benzene rings is 1. The van der Waals surface area contributed by atoms with E-state index >= 15 is 0 Å². The highest BCUT2D eigenvalue weighted by molar-refractivity contribution is 6.00. The van der Waals surface area contributed by atoms with Gasteiger partial charge in [0.2, 0.25) is 5.91 Å². The van der Waals surface area contributed by atoms with Crippen LogP contribution >= 0.6 is 0 Å². The van der Waals surface area contributed by atoms with Crippen molar-refractivity contribution in [2.75, 3.05) is 0 Å². The predicted octanol–water partition coefficient (Wildman–Crippen LogP) is 1.31. The number of aryl methyl sites for hydroxylation is 1. The molecular weight excluding hydrogens is 284 g/mol. The molecule has 0 fully saturated rings. The van der Waals surface area contributed by atoms with Crippen LogP contribution < -0.4 is 5.73 Å². The van der Waals surface area contributed by atoms with E-state index in [9.17, 15) is 19.5 Å². The molecule has 6 heteroatoms. The van der Waals surface area contributed by atoms with Gasteiger partial charge in [0.25, 0.3) is 5.91 Å². The van der Waals surface area contributed by atoms with Gasteiger partial charge in [-0.25, -0.2) is 4.79 Å². The van der Waals surface area contributed by atoms with Gasteiger partial charge in [0.05, 0.1) is 0 Å². The van der Waals surface area contributed by atoms with E-state index in [-0.39, 0.29) is 25.3 Å². The van der Waals surface area contributed by atoms with Crippen LogP contribution in [0.5, 0.6) is 0 Å². The number of primary amides is 1. The molecule has 2 rings (SSSR count). The van der Waals surface area contributed by atoms with E-state index in [1.54, 1.807) is 6.07 Å². The van der Waals surface area contributed by atoms with Gasteiger partial charge >= 0.3 is 5.97 Å². The lowest BCUT2D eigenvalue weighted by atomic mass is 10.00. The molecule has 1 aromatic rings. The van der Waals surface area contributed by atoms with Crippen LogP contribution in [0.15, 0.2) is 18.2 Å². The second-order valence-corrected chi connectivity index (χ2v) is 5.49. The molecule has 0 aliphatic carbocycles. The lowest BCUT2D eigenvalue weighted by Gasteiger charge is -2.23. The fourth-order valence-electron chi connectivity index (χ4n) is 2.87. The largest absolute Gasteiger partial charge is 0.480 e. The first-order valence-corrected chi connectivity index (χ1v) is 7.38. The van der Waals surface area contributed by atoms with Crippen molar-refractivity contribution in [3.63, 3.8) is 0 Å². The zero-order valence-corrected chi connectivity index (χ0v) is 12.5. The molecule has 1 aliphatic heterocycles. The summed E-state index contributed by atoms with van der Waals surface area (Å²) in [5.41, 5.74) is 7.63. The van der Waals surface area contributed by atoms with Gasteiger partial charge < -0.3 is 15.7 Å². The molecule has 6 nitrogen and oxygen atoms in total. The van der Waals surface area contributed by atoms with Crippen LogP contribution in [0.25, 0.3) is 0 Å². The Bertz CT molecular complexity index is 612. The Labute approximate surface area is 128 Å². The molecule has 0 radical (unpaired) electrons. The Morgan fingerprint density at radius 3 is 2.73 bits per heavy atom. The normalized spacial score (nSPS) is 14.8. The van der Waals surface area contributed by atoms with Gasteiger partial charge in [-0.05, 0) is 30.0 Å². The first-order valence-electron chi connectivity index (χ1n) is 7.38. The van der Waals surface area contributed by atoms with E-state index in [0.29, 0.717) is 5.56 Å². The smallest absolute Gasteiger partial charge is 0.326 e. The number of amides is 2. The van der Waals surface area contributed by atoms with Gasteiger partial charge in [-0.15, -0.1) is 0 Å². The molecule has 2 amide bonds. The van der Waals surface area contributed by atoms with Crippen molar-refractivity contribution < 1.29 is 19.5 Å². The van der Waals surface area contributed by atoms with Crippen LogP contribution in [-0.4, -0.2) is 33.8 Å². The first kappa shape index (κ1) is 16.0. The van der Waals surface area contributed by atoms with Crippen molar-refractivity contribution >= 4 is 17.8 Å². The number of nitrogens with zero attached hydrogens (tertiary/aromatic N) is 1. The van der Waals surface area contributed by atoms with Crippen molar-refractivity contribution in [3.05, 3.63) is 34.9 Å². The average molecular weight is 304 g/mol. The van der Waals surface area contributed by atoms with Gasteiger partial charge in [0.15, 0.2) is 0 Å². The lowest BCUT2D eigenvalue weighted by Crippen LogP contribution is -2.42. The number of hydrogen-bond donors (Lipinski definition) is 2. The molecular formula is C16H20N2O4. The number of carbonyl (C=O) groups is 3. The Morgan fingerprint density at radius 1 is 1.41 bits per heavy atom. The van der Waals surface area contributed by atoms with Crippen LogP contribution in [0.3, 0.4) is 0 Å². The standard InChI is InChI=1S/C16H20N2O4/c1-2-4-10-5-3-6-11-12(10)9-18(15(11)20)13(16(21)22)7-8-14(17)19/h3,5-6,13H,2,4,7-9H2,1H3,(H2,17,19)(H,21,22). The van der Waals surface area contributed by atoms with Gasteiger partial charge in [-0.1, -0.05) is 25.5 Å². The molecule has 1 heterocycles. The summed E-state index contributed by atoms with van der Waals surface area (Å²) in [6.07, 6.45) is 1.78. The summed E-state index contributed by atoms with van der Waals surface area (Å²) in [6, 6.07) is 4.49. The summed E-state index contributed by atoms with van der Waals surface area (Å²) in [4.78, 5) is 36.2. The van der Waals surface area contributed by atoms with Crippen molar-refractivity contribution in [1.29, 1.82) is 0 Å². The third-order valence-electron chi connectivity index (χ3n) is 3.94. The molecule has 0 bridgehead atoms. The van der Waals surface area contributed by atoms with Crippen LogP contribution in [0, 0.1) is 0 Å². The second kappa shape index (κ2) is 6.60. The quantitative estimate of drug-likeness (QED) is 0.793. The number of carbonyl (C=O) groups excluding carboxylic acids is 2. The summed E-state index contributed by atoms with van der Waals surface area (Å²) in [7, 11) is 0. The summed E-state index contributed by atoms with van der Waals surface area (Å²) in [5, 5.41) is 9.37. The minimum atomic E-state index is -1.11. The molecule has 0 spiro atoms. The zero-order valence-electron chi connectivity index (χ0n) is 12.5. The Balaban J connectivity index is 2.27. The van der Waals surface area contributed by atoms with Crippen LogP contribution in [0.4, 0.5) is 0 Å². The molecule has 0 saturated carbocycles. The molecule has 0 saturated heterocycles. The predicted molar refractivity (Wildman–Crippen MR) is 80.2 cm³/mol. The summed E-state index contributed by atoms with van der Waals surface area (Å²) < 4.78 is 0. The third-order valence-corrected chi connectivity index (χ3v) is 3.94. The Hall–Kier alpha value is -2.37. The first-order chi connectivity index (χ1) is 10.5. The van der Waals surface area contributed by atoms with Gasteiger partial charge in [-0.2, -0.15) is 0 Å². The van der Waals surface area contributed by atoms with Crippen LogP contribution in [0.1, 0.15) is 47.7 Å². The molecule has 1 aromatic carbocycles. The number of carboxylic acids is 1. The highest BCUT2D eigenvalue weighted by Crippen LogP contribution is 2.29. The SMILES string of the molecule is CCCc1cccc2c1CN(C(CCC(N)=O)C(=O)O)C2=O. The number of rotatable bonds is 7. The Morgan fingerprint density at radius 2 is 2.14 bits per heavy atom. The summed E-state index contributed by atoms with van der Waals surface area (Å²) in [6.45, 7) is 2.33. The van der Waals surface area contributed by atoms with Crippen molar-refractivity contribution in [2.45, 2.75) is 45.2 Å². The Kier molecular flexibility index (Phi) is 4.80. The lowest BCUT2D eigenvalue weighted by molar-refractivity contribution is -0.142. The topological polar surface area (TPSA) is 101 Å². The molecule has 3 N–H and O–H groups in total. The highest BCUT2D eigenvalue weighted by atomic mass is 16.4. The van der Waals surface area contributed by atoms with Crippen molar-refractivity contribution in [1.82, 2.24) is 4.90 Å². The third kappa shape index (κ3) is 3.10. The number of aliphatic carboxylic acids is 1. The van der Waals surface area contributed by atoms with Crippen LogP contribution in [-0.2, 0) is 22.6 Å². The number of hydrogen-bond acceptors (Lipinski definition) is 3. The second-order valence-electron chi connectivity index (χ2n) is 5.49. The number of nitrogens with two attached hydrogens (primary N) is 1. The van der Waals surface area contributed by atoms with Gasteiger partial charge in [-0.3, -0.25) is 9.59 Å². The van der Waals surface area contributed by atoms with Crippen molar-refractivity contribution in [3.8, 4) is 0 Å². The zero-order chi connectivity index (χ0) is 16.3. The van der Waals surface area contributed by atoms with Crippen molar-refractivity contribution in [2.24, 2.45) is 5.73 Å². The van der Waals surface area contributed by atoms with Crippen LogP contribution in [0.2, 0.25) is 0 Å². The average Bonchev–Trinajstić information content (AvgIpc) is 2.78. The van der Waals surface area contributed by atoms with Gasteiger partial charge in [0.1, 0.15) is 6.04 Å². The van der Waals surface area contributed by atoms with E-state index in [2.05, 4.69) is 6.92 Å². The molecule has 1 unspecified atom stereocenters. The molecule has 1 aliphatic rings. The summed E-state index contributed by atoms with van der Waals surface area (Å²) >= 11 is 0. The molecule has 22 heavy (non-hydrogen) atoms. The minimum absolute atomic E-state index is 0.0352. The molecule has 0 aromatic heterocycles. The number of carboxylic acid groups (broad SMARTS) is 1. The number of fused-ring (bicyclic) bond motifs is 1. The maximum absolute atomic E-state index is 12.5. The molecule has 1 atom stereocenters. The fourth-order valence-corrected chi connectivity index (χ4v) is 2.87. The fraction of sp³-hybridized carbons (Fsp3) is 0.438. The van der Waals surface area contributed by atoms with E-state index in [1.807, 2.05) is 12.1 Å².